The molecule has 0 unspecified atom stereocenters. The van der Waals surface area contributed by atoms with E-state index in [2.05, 4.69) is 5.10 Å². The van der Waals surface area contributed by atoms with Gasteiger partial charge in [-0.05, 0) is 18.2 Å². The number of nitrogens with two attached hydrogens (primary N) is 1. The van der Waals surface area contributed by atoms with Crippen LogP contribution in [0.4, 0.5) is 23.4 Å². The van der Waals surface area contributed by atoms with Gasteiger partial charge in [0.15, 0.2) is 5.82 Å². The number of hydrogen-bond donors (Lipinski definition) is 1. The van der Waals surface area contributed by atoms with E-state index in [9.17, 15) is 17.6 Å². The molecule has 1 aliphatic heterocycles. The van der Waals surface area contributed by atoms with Crippen LogP contribution in [0.1, 0.15) is 16.8 Å². The molecular weight excluding hydrogens is 290 g/mol. The average Bonchev–Trinajstić information content (AvgIpc) is 2.76. The zero-order valence-electron chi connectivity index (χ0n) is 10.7. The fourth-order valence-corrected chi connectivity index (χ4v) is 2.34. The van der Waals surface area contributed by atoms with E-state index < -0.39 is 17.6 Å². The Bertz CT molecular complexity index is 693. The van der Waals surface area contributed by atoms with E-state index in [1.807, 2.05) is 0 Å². The van der Waals surface area contributed by atoms with Crippen molar-refractivity contribution in [2.45, 2.75) is 19.2 Å². The van der Waals surface area contributed by atoms with Crippen LogP contribution in [0.25, 0.3) is 5.69 Å². The van der Waals surface area contributed by atoms with Gasteiger partial charge in [0.2, 0.25) is 0 Å². The first-order valence-electron chi connectivity index (χ1n) is 6.19. The minimum atomic E-state index is -4.76. The Labute approximate surface area is 117 Å². The Morgan fingerprint density at radius 1 is 1.29 bits per heavy atom. The minimum absolute atomic E-state index is 0.124. The number of alkyl halides is 3. The van der Waals surface area contributed by atoms with Crippen LogP contribution in [0.15, 0.2) is 18.2 Å². The van der Waals surface area contributed by atoms with Crippen LogP contribution < -0.4 is 5.73 Å². The summed E-state index contributed by atoms with van der Waals surface area (Å²) in [7, 11) is 0. The lowest BCUT2D eigenvalue weighted by Crippen LogP contribution is -2.14. The molecule has 2 N–H and O–H groups in total. The quantitative estimate of drug-likeness (QED) is 0.824. The van der Waals surface area contributed by atoms with Crippen molar-refractivity contribution >= 4 is 5.82 Å². The number of aromatic nitrogens is 2. The molecule has 0 bridgehead atoms. The number of ether oxygens (including phenoxy) is 1. The van der Waals surface area contributed by atoms with E-state index in [4.69, 9.17) is 10.5 Å². The molecule has 8 heteroatoms. The van der Waals surface area contributed by atoms with Gasteiger partial charge in [0.05, 0.1) is 30.2 Å². The number of halogens is 4. The minimum Gasteiger partial charge on any atom is -0.382 e. The number of fused-ring (bicyclic) bond motifs is 1. The first kappa shape index (κ1) is 13.9. The number of nitrogen functional groups attached to an aromatic ring is 1. The molecule has 0 fully saturated rings. The van der Waals surface area contributed by atoms with E-state index in [0.29, 0.717) is 24.3 Å². The number of rotatable bonds is 1. The standard InChI is InChI=1S/C13H11F4N3O/c14-10-2-1-7(5-9(10)13(15,16)17)20-11-3-4-21-6-8(11)12(18)19-20/h1-2,5H,3-4,6H2,(H2,18,19). The van der Waals surface area contributed by atoms with E-state index in [1.54, 1.807) is 0 Å². The molecule has 112 valence electrons. The molecule has 0 spiro atoms. The average molecular weight is 301 g/mol. The van der Waals surface area contributed by atoms with E-state index in [-0.39, 0.29) is 18.1 Å². The fraction of sp³-hybridized carbons (Fsp3) is 0.308. The molecule has 0 saturated carbocycles. The van der Waals surface area contributed by atoms with Crippen molar-refractivity contribution in [3.8, 4) is 5.69 Å². The third kappa shape index (κ3) is 2.35. The highest BCUT2D eigenvalue weighted by atomic mass is 19.4. The number of nitrogens with zero attached hydrogens (tertiary/aromatic N) is 2. The summed E-state index contributed by atoms with van der Waals surface area (Å²) in [5, 5.41) is 4.04. The lowest BCUT2D eigenvalue weighted by atomic mass is 10.1. The van der Waals surface area contributed by atoms with Gasteiger partial charge in [-0.25, -0.2) is 9.07 Å². The van der Waals surface area contributed by atoms with Crippen molar-refractivity contribution < 1.29 is 22.3 Å². The van der Waals surface area contributed by atoms with E-state index in [0.717, 1.165) is 12.1 Å². The molecule has 1 aromatic carbocycles. The normalized spacial score (nSPS) is 15.0. The first-order chi connectivity index (χ1) is 9.88. The lowest BCUT2D eigenvalue weighted by Gasteiger charge is -2.15. The van der Waals surface area contributed by atoms with E-state index in [1.165, 1.54) is 10.7 Å². The third-order valence-corrected chi connectivity index (χ3v) is 3.35. The van der Waals surface area contributed by atoms with Gasteiger partial charge in [0, 0.05) is 12.0 Å². The zero-order valence-corrected chi connectivity index (χ0v) is 10.7. The van der Waals surface area contributed by atoms with Crippen molar-refractivity contribution in [2.75, 3.05) is 12.3 Å². The van der Waals surface area contributed by atoms with Gasteiger partial charge in [-0.1, -0.05) is 0 Å². The maximum atomic E-state index is 13.3. The largest absolute Gasteiger partial charge is 0.419 e. The molecule has 4 nitrogen and oxygen atoms in total. The van der Waals surface area contributed by atoms with Crippen molar-refractivity contribution in [2.24, 2.45) is 0 Å². The Balaban J connectivity index is 2.14. The highest BCUT2D eigenvalue weighted by Crippen LogP contribution is 2.33. The van der Waals surface area contributed by atoms with Crippen LogP contribution in [-0.4, -0.2) is 16.4 Å². The molecule has 2 aromatic rings. The molecule has 21 heavy (non-hydrogen) atoms. The number of benzene rings is 1. The van der Waals surface area contributed by atoms with Crippen LogP contribution >= 0.6 is 0 Å². The van der Waals surface area contributed by atoms with Crippen molar-refractivity contribution in [1.82, 2.24) is 9.78 Å². The summed E-state index contributed by atoms with van der Waals surface area (Å²) in [5.41, 5.74) is 5.90. The van der Waals surface area contributed by atoms with E-state index >= 15 is 0 Å². The van der Waals surface area contributed by atoms with Crippen LogP contribution in [0.5, 0.6) is 0 Å². The molecule has 0 amide bonds. The van der Waals surface area contributed by atoms with Gasteiger partial charge in [-0.15, -0.1) is 0 Å². The summed E-state index contributed by atoms with van der Waals surface area (Å²) in [5.74, 6) is -1.11. The highest BCUT2D eigenvalue weighted by molar-refractivity contribution is 5.48. The van der Waals surface area contributed by atoms with Gasteiger partial charge in [-0.2, -0.15) is 18.3 Å². The topological polar surface area (TPSA) is 53.1 Å². The summed E-state index contributed by atoms with van der Waals surface area (Å²) in [6.45, 7) is 0.708. The molecule has 3 rings (SSSR count). The molecule has 1 aromatic heterocycles. The molecule has 0 saturated heterocycles. The second-order valence-corrected chi connectivity index (χ2v) is 4.69. The molecular formula is C13H11F4N3O. The number of hydrogen-bond acceptors (Lipinski definition) is 3. The maximum Gasteiger partial charge on any atom is 0.419 e. The second-order valence-electron chi connectivity index (χ2n) is 4.69. The second kappa shape index (κ2) is 4.73. The first-order valence-corrected chi connectivity index (χ1v) is 6.19. The smallest absolute Gasteiger partial charge is 0.382 e. The number of anilines is 1. The van der Waals surface area contributed by atoms with Crippen LogP contribution in [-0.2, 0) is 23.9 Å². The van der Waals surface area contributed by atoms with Gasteiger partial charge < -0.3 is 10.5 Å². The highest BCUT2D eigenvalue weighted by Gasteiger charge is 2.34. The predicted octanol–water partition coefficient (Wildman–Crippen LogP) is 2.69. The summed E-state index contributed by atoms with van der Waals surface area (Å²) >= 11 is 0. The molecule has 0 atom stereocenters. The molecule has 0 aliphatic carbocycles. The van der Waals surface area contributed by atoms with Crippen molar-refractivity contribution in [1.29, 1.82) is 0 Å². The summed E-state index contributed by atoms with van der Waals surface area (Å²) in [6, 6.07) is 2.76. The summed E-state index contributed by atoms with van der Waals surface area (Å²) in [6.07, 6.45) is -4.28. The Morgan fingerprint density at radius 3 is 2.76 bits per heavy atom. The van der Waals surface area contributed by atoms with Gasteiger partial charge >= 0.3 is 6.18 Å². The van der Waals surface area contributed by atoms with Gasteiger partial charge in [0.1, 0.15) is 5.82 Å². The van der Waals surface area contributed by atoms with Gasteiger partial charge in [-0.3, -0.25) is 0 Å². The lowest BCUT2D eigenvalue weighted by molar-refractivity contribution is -0.140. The zero-order chi connectivity index (χ0) is 15.2. The van der Waals surface area contributed by atoms with Crippen LogP contribution in [0, 0.1) is 5.82 Å². The maximum absolute atomic E-state index is 13.3. The fourth-order valence-electron chi connectivity index (χ4n) is 2.34. The van der Waals surface area contributed by atoms with Crippen LogP contribution in [0.2, 0.25) is 0 Å². The molecule has 2 heterocycles. The Kier molecular flexibility index (Phi) is 3.12. The van der Waals surface area contributed by atoms with Crippen LogP contribution in [0.3, 0.4) is 0 Å². The predicted molar refractivity (Wildman–Crippen MR) is 66.3 cm³/mol. The van der Waals surface area contributed by atoms with Crippen molar-refractivity contribution in [3.05, 3.63) is 40.8 Å². The van der Waals surface area contributed by atoms with Crippen molar-refractivity contribution in [3.63, 3.8) is 0 Å². The third-order valence-electron chi connectivity index (χ3n) is 3.35. The summed E-state index contributed by atoms with van der Waals surface area (Å²) in [4.78, 5) is 0. The summed E-state index contributed by atoms with van der Waals surface area (Å²) < 4.78 is 58.2. The molecule has 1 aliphatic rings. The Hall–Kier alpha value is -2.09. The molecule has 0 radical (unpaired) electrons. The Morgan fingerprint density at radius 2 is 2.05 bits per heavy atom. The monoisotopic (exact) mass is 301 g/mol. The SMILES string of the molecule is Nc1nn(-c2ccc(F)c(C(F)(F)F)c2)c2c1COCC2. The van der Waals surface area contributed by atoms with Gasteiger partial charge in [0.25, 0.3) is 0 Å².